The first-order valence-corrected chi connectivity index (χ1v) is 8.02. The van der Waals surface area contributed by atoms with Gasteiger partial charge in [-0.25, -0.2) is 4.79 Å². The van der Waals surface area contributed by atoms with Gasteiger partial charge in [0.1, 0.15) is 5.75 Å². The Hall–Kier alpha value is -2.53. The van der Waals surface area contributed by atoms with Crippen LogP contribution in [-0.2, 0) is 0 Å². The summed E-state index contributed by atoms with van der Waals surface area (Å²) in [6.45, 7) is 2.11. The van der Waals surface area contributed by atoms with Crippen LogP contribution in [0.2, 0.25) is 0 Å². The lowest BCUT2D eigenvalue weighted by Gasteiger charge is -2.22. The molecule has 24 heavy (non-hydrogen) atoms. The van der Waals surface area contributed by atoms with Gasteiger partial charge in [0.2, 0.25) is 0 Å². The number of carbonyl (C=O) groups excluding carboxylic acids is 1. The number of urea groups is 1. The van der Waals surface area contributed by atoms with Crippen LogP contribution >= 0.6 is 0 Å². The molecule has 2 aromatic carbocycles. The minimum absolute atomic E-state index is 0.282. The second kappa shape index (κ2) is 8.93. The van der Waals surface area contributed by atoms with Gasteiger partial charge in [-0.3, -0.25) is 0 Å². The third-order valence-corrected chi connectivity index (χ3v) is 3.71. The summed E-state index contributed by atoms with van der Waals surface area (Å²) in [5.41, 5.74) is 1.85. The molecule has 0 aliphatic heterocycles. The maximum absolute atomic E-state index is 12.2. The van der Waals surface area contributed by atoms with Crippen molar-refractivity contribution in [1.82, 2.24) is 10.6 Å². The molecule has 0 saturated heterocycles. The lowest BCUT2D eigenvalue weighted by molar-refractivity contribution is 0.183. The zero-order valence-corrected chi connectivity index (χ0v) is 14.0. The molecule has 2 rings (SSSR count). The van der Waals surface area contributed by atoms with E-state index in [1.54, 1.807) is 14.0 Å². The van der Waals surface area contributed by atoms with Crippen molar-refractivity contribution in [3.05, 3.63) is 65.7 Å². The Labute approximate surface area is 142 Å². The molecule has 0 radical (unpaired) electrons. The molecule has 5 nitrogen and oxygen atoms in total. The molecule has 0 aromatic heterocycles. The zero-order valence-electron chi connectivity index (χ0n) is 14.0. The van der Waals surface area contributed by atoms with E-state index in [-0.39, 0.29) is 12.1 Å². The molecule has 2 amide bonds. The van der Waals surface area contributed by atoms with Crippen LogP contribution in [0.1, 0.15) is 30.5 Å². The summed E-state index contributed by atoms with van der Waals surface area (Å²) < 4.78 is 5.44. The summed E-state index contributed by atoms with van der Waals surface area (Å²) in [7, 11) is 1.61. The molecule has 2 atom stereocenters. The molecule has 0 saturated carbocycles. The molecule has 3 N–H and O–H groups in total. The number of aliphatic hydroxyl groups excluding tert-OH is 1. The quantitative estimate of drug-likeness (QED) is 0.732. The molecule has 0 heterocycles. The SMILES string of the molecule is COc1ccccc1C(NC(=O)NCCC(C)O)c1ccccc1. The zero-order chi connectivity index (χ0) is 17.4. The Kier molecular flexibility index (Phi) is 6.63. The van der Waals surface area contributed by atoms with Crippen LogP contribution in [-0.4, -0.2) is 30.9 Å². The lowest BCUT2D eigenvalue weighted by atomic mass is 9.98. The predicted molar refractivity (Wildman–Crippen MR) is 94.1 cm³/mol. The number of para-hydroxylation sites is 1. The van der Waals surface area contributed by atoms with Gasteiger partial charge in [-0.05, 0) is 25.0 Å². The molecule has 0 aliphatic rings. The normalized spacial score (nSPS) is 13.0. The highest BCUT2D eigenvalue weighted by molar-refractivity contribution is 5.75. The van der Waals surface area contributed by atoms with Crippen molar-refractivity contribution in [3.63, 3.8) is 0 Å². The number of benzene rings is 2. The Morgan fingerprint density at radius 2 is 1.79 bits per heavy atom. The van der Waals surface area contributed by atoms with Gasteiger partial charge in [0.15, 0.2) is 0 Å². The molecule has 0 fully saturated rings. The fourth-order valence-corrected chi connectivity index (χ4v) is 2.47. The largest absolute Gasteiger partial charge is 0.496 e. The van der Waals surface area contributed by atoms with Gasteiger partial charge in [-0.2, -0.15) is 0 Å². The van der Waals surface area contributed by atoms with E-state index in [9.17, 15) is 9.90 Å². The molecule has 5 heteroatoms. The summed E-state index contributed by atoms with van der Waals surface area (Å²) in [6.07, 6.45) is 0.0717. The second-order valence-corrected chi connectivity index (χ2v) is 5.62. The molecule has 2 unspecified atom stereocenters. The molecular weight excluding hydrogens is 304 g/mol. The average Bonchev–Trinajstić information content (AvgIpc) is 2.60. The number of hydrogen-bond acceptors (Lipinski definition) is 3. The van der Waals surface area contributed by atoms with Gasteiger partial charge in [0, 0.05) is 12.1 Å². The van der Waals surface area contributed by atoms with Gasteiger partial charge < -0.3 is 20.5 Å². The number of amides is 2. The second-order valence-electron chi connectivity index (χ2n) is 5.62. The monoisotopic (exact) mass is 328 g/mol. The van der Waals surface area contributed by atoms with Crippen LogP contribution in [0, 0.1) is 0 Å². The van der Waals surface area contributed by atoms with E-state index in [1.165, 1.54) is 0 Å². The molecule has 0 spiro atoms. The van der Waals surface area contributed by atoms with E-state index < -0.39 is 6.10 Å². The van der Waals surface area contributed by atoms with Gasteiger partial charge in [0.05, 0.1) is 19.3 Å². The first-order chi connectivity index (χ1) is 11.6. The maximum atomic E-state index is 12.2. The highest BCUT2D eigenvalue weighted by Gasteiger charge is 2.20. The fraction of sp³-hybridized carbons (Fsp3) is 0.316. The van der Waals surface area contributed by atoms with Crippen molar-refractivity contribution in [2.24, 2.45) is 0 Å². The van der Waals surface area contributed by atoms with E-state index >= 15 is 0 Å². The summed E-state index contributed by atoms with van der Waals surface area (Å²) in [6, 6.07) is 16.8. The molecule has 0 bridgehead atoms. The third kappa shape index (κ3) is 4.99. The van der Waals surface area contributed by atoms with Crippen LogP contribution in [0.4, 0.5) is 4.79 Å². The van der Waals surface area contributed by atoms with Crippen LogP contribution < -0.4 is 15.4 Å². The van der Waals surface area contributed by atoms with Crippen LogP contribution in [0.5, 0.6) is 5.75 Å². The number of methoxy groups -OCH3 is 1. The van der Waals surface area contributed by atoms with Crippen molar-refractivity contribution in [2.45, 2.75) is 25.5 Å². The van der Waals surface area contributed by atoms with Crippen molar-refractivity contribution < 1.29 is 14.6 Å². The van der Waals surface area contributed by atoms with Crippen molar-refractivity contribution >= 4 is 6.03 Å². The van der Waals surface area contributed by atoms with Crippen molar-refractivity contribution in [2.75, 3.05) is 13.7 Å². The van der Waals surface area contributed by atoms with E-state index in [1.807, 2.05) is 54.6 Å². The summed E-state index contributed by atoms with van der Waals surface area (Å²) >= 11 is 0. The topological polar surface area (TPSA) is 70.6 Å². The average molecular weight is 328 g/mol. The minimum atomic E-state index is -0.440. The Balaban J connectivity index is 2.20. The summed E-state index contributed by atoms with van der Waals surface area (Å²) in [5.74, 6) is 0.718. The fourth-order valence-electron chi connectivity index (χ4n) is 2.47. The molecule has 2 aromatic rings. The van der Waals surface area contributed by atoms with Crippen molar-refractivity contribution in [3.8, 4) is 5.75 Å². The molecule has 128 valence electrons. The number of ether oxygens (including phenoxy) is 1. The first-order valence-electron chi connectivity index (χ1n) is 8.02. The number of rotatable bonds is 7. The van der Waals surface area contributed by atoms with Crippen LogP contribution in [0.3, 0.4) is 0 Å². The molecule has 0 aliphatic carbocycles. The highest BCUT2D eigenvalue weighted by atomic mass is 16.5. The van der Waals surface area contributed by atoms with Crippen LogP contribution in [0.15, 0.2) is 54.6 Å². The first kappa shape index (κ1) is 17.8. The Morgan fingerprint density at radius 3 is 2.46 bits per heavy atom. The smallest absolute Gasteiger partial charge is 0.315 e. The predicted octanol–water partition coefficient (Wildman–Crippen LogP) is 2.85. The third-order valence-electron chi connectivity index (χ3n) is 3.71. The standard InChI is InChI=1S/C19H24N2O3/c1-14(22)12-13-20-19(23)21-18(15-8-4-3-5-9-15)16-10-6-7-11-17(16)24-2/h3-11,14,18,22H,12-13H2,1-2H3,(H2,20,21,23). The van der Waals surface area contributed by atoms with Gasteiger partial charge in [-0.15, -0.1) is 0 Å². The number of aliphatic hydroxyl groups is 1. The number of carbonyl (C=O) groups is 1. The minimum Gasteiger partial charge on any atom is -0.496 e. The van der Waals surface area contributed by atoms with Gasteiger partial charge >= 0.3 is 6.03 Å². The Morgan fingerprint density at radius 1 is 1.12 bits per heavy atom. The number of nitrogens with one attached hydrogen (secondary N) is 2. The van der Waals surface area contributed by atoms with E-state index in [0.29, 0.717) is 13.0 Å². The van der Waals surface area contributed by atoms with E-state index in [0.717, 1.165) is 16.9 Å². The summed E-state index contributed by atoms with van der Waals surface area (Å²) in [5, 5.41) is 15.0. The maximum Gasteiger partial charge on any atom is 0.315 e. The molecular formula is C19H24N2O3. The summed E-state index contributed by atoms with van der Waals surface area (Å²) in [4.78, 5) is 12.2. The van der Waals surface area contributed by atoms with Crippen LogP contribution in [0.25, 0.3) is 0 Å². The lowest BCUT2D eigenvalue weighted by Crippen LogP contribution is -2.39. The van der Waals surface area contributed by atoms with Gasteiger partial charge in [0.25, 0.3) is 0 Å². The van der Waals surface area contributed by atoms with E-state index in [2.05, 4.69) is 10.6 Å². The Bertz CT molecular complexity index is 644. The van der Waals surface area contributed by atoms with Crippen molar-refractivity contribution in [1.29, 1.82) is 0 Å². The van der Waals surface area contributed by atoms with E-state index in [4.69, 9.17) is 4.74 Å². The van der Waals surface area contributed by atoms with Gasteiger partial charge in [-0.1, -0.05) is 48.5 Å². The highest BCUT2D eigenvalue weighted by Crippen LogP contribution is 2.29. The number of hydrogen-bond donors (Lipinski definition) is 3.